The number of carboxylic acids is 3. The molecule has 4 aliphatic heterocycles. The number of carboxylic acid groups (broad SMARTS) is 3. The zero-order valence-electron chi connectivity index (χ0n) is 63.7. The van der Waals surface area contributed by atoms with Crippen LogP contribution in [0.2, 0.25) is 0 Å². The molecule has 0 saturated carbocycles. The van der Waals surface area contributed by atoms with E-state index in [-0.39, 0.29) is 79.9 Å². The van der Waals surface area contributed by atoms with Crippen molar-refractivity contribution in [1.82, 2.24) is 57.7 Å². The van der Waals surface area contributed by atoms with Gasteiger partial charge in [-0.1, -0.05) is 78.6 Å². The maximum atomic E-state index is 15.0. The lowest BCUT2D eigenvalue weighted by Gasteiger charge is -2.33. The van der Waals surface area contributed by atoms with Crippen LogP contribution in [0.3, 0.4) is 0 Å². The molecule has 14 amide bonds. The van der Waals surface area contributed by atoms with E-state index in [0.29, 0.717) is 34.8 Å². The number of aliphatic hydroxyl groups is 1. The Morgan fingerprint density at radius 2 is 0.973 bits per heavy atom. The minimum absolute atomic E-state index is 0.0111. The van der Waals surface area contributed by atoms with E-state index >= 15 is 0 Å². The summed E-state index contributed by atoms with van der Waals surface area (Å²) < 4.78 is 0. The molecule has 4 heterocycles. The predicted molar refractivity (Wildman–Crippen MR) is 412 cm³/mol. The van der Waals surface area contributed by atoms with Crippen molar-refractivity contribution in [1.29, 1.82) is 0 Å². The zero-order valence-corrected chi connectivity index (χ0v) is 66.2. The standard InChI is InChI=1S/C73H105N15O21S3/c1-8-39(5)60(62(75)98)83-69(105)61(40(6)9-2)84-66(102)43(23-26-58(94)95)79-65(101)44(28-31-110-7)80-67(103)46(32-38(3)4)76-55(90)33-87-49-16-10-12-20-53(49)111-36-47(71(87)107)77-56(91)34-88-50-17-11-13-21-54(50)112-37-48(72(88)108)82-68(104)51-18-14-29-85(51)73(109)52-19-15-30-86(52)70(106)45(24-27-59(96)97)81-64(100)42(22-25-57(92)93)78-63(99)41(74)35-89/h10-13,16-17,20-21,38-48,51-52,60-61,89H,8-9,14-15,18-19,22-37,74H2,1-7H3,(H2,75,98)(H,76,90)(H,77,91)(H,78,99)(H,79,101)(H,80,103)(H,81,100)(H,82,104)(H,83,105)(H,84,102)(H,92,93)(H,94,95)(H,96,97)/t39-,40-,41-,42-,43-,44-,45-,46-,47?,48?,51-,52-,60-,61-/m0/s1. The minimum atomic E-state index is -1.61. The monoisotopic (exact) mass is 1620 g/mol. The van der Waals surface area contributed by atoms with E-state index in [4.69, 9.17) is 11.5 Å². The first kappa shape index (κ1) is 91.3. The number of carbonyl (C=O) groups excluding carboxylic acids is 14. The van der Waals surface area contributed by atoms with Crippen LogP contribution in [0.4, 0.5) is 11.4 Å². The van der Waals surface area contributed by atoms with E-state index in [1.165, 1.54) is 40.2 Å². The first-order valence-corrected chi connectivity index (χ1v) is 40.7. The third-order valence-electron chi connectivity index (χ3n) is 19.7. The van der Waals surface area contributed by atoms with Gasteiger partial charge in [-0.25, -0.2) is 0 Å². The van der Waals surface area contributed by atoms with Gasteiger partial charge in [-0.3, -0.25) is 81.5 Å². The third kappa shape index (κ3) is 26.0. The highest BCUT2D eigenvalue weighted by molar-refractivity contribution is 7.99. The van der Waals surface area contributed by atoms with Crippen LogP contribution in [0.5, 0.6) is 0 Å². The molecule has 0 aliphatic carbocycles. The smallest absolute Gasteiger partial charge is 0.303 e. The van der Waals surface area contributed by atoms with Gasteiger partial charge in [0.25, 0.3) is 11.8 Å². The highest BCUT2D eigenvalue weighted by Gasteiger charge is 2.46. The van der Waals surface area contributed by atoms with Gasteiger partial charge in [-0.05, 0) is 112 Å². The quantitative estimate of drug-likeness (QED) is 0.0375. The topological polar surface area (TPSA) is 544 Å². The molecule has 14 atom stereocenters. The van der Waals surface area contributed by atoms with Crippen LogP contribution in [-0.4, -0.2) is 260 Å². The molecule has 0 spiro atoms. The van der Waals surface area contributed by atoms with Crippen LogP contribution < -0.4 is 69.1 Å². The Morgan fingerprint density at radius 1 is 0.536 bits per heavy atom. The van der Waals surface area contributed by atoms with E-state index in [9.17, 15) is 102 Å². The van der Waals surface area contributed by atoms with Crippen molar-refractivity contribution in [3.8, 4) is 0 Å². The number of anilines is 2. The van der Waals surface area contributed by atoms with Crippen LogP contribution in [-0.2, 0) is 81.5 Å². The lowest BCUT2D eigenvalue weighted by Crippen LogP contribution is -2.61. The van der Waals surface area contributed by atoms with E-state index in [2.05, 4.69) is 47.9 Å². The minimum Gasteiger partial charge on any atom is -0.481 e. The molecule has 112 heavy (non-hydrogen) atoms. The summed E-state index contributed by atoms with van der Waals surface area (Å²) in [4.78, 5) is 239. The number of nitrogens with one attached hydrogen (secondary N) is 9. The average molecular weight is 1620 g/mol. The second-order valence-corrected chi connectivity index (χ2v) is 31.6. The van der Waals surface area contributed by atoms with Gasteiger partial charge in [0.2, 0.25) is 70.9 Å². The summed E-state index contributed by atoms with van der Waals surface area (Å²) in [5, 5.41) is 61.6. The fourth-order valence-electron chi connectivity index (χ4n) is 13.2. The van der Waals surface area contributed by atoms with Gasteiger partial charge in [0.1, 0.15) is 85.6 Å². The summed E-state index contributed by atoms with van der Waals surface area (Å²) in [6, 6.07) is -3.08. The van der Waals surface area contributed by atoms with Crippen molar-refractivity contribution in [3.05, 3.63) is 48.5 Å². The fourth-order valence-corrected chi connectivity index (χ4v) is 15.8. The molecule has 6 rings (SSSR count). The van der Waals surface area contributed by atoms with Crippen LogP contribution in [0.15, 0.2) is 58.3 Å². The summed E-state index contributed by atoms with van der Waals surface area (Å²) in [7, 11) is 0. The Kier molecular flexibility index (Phi) is 35.9. The fraction of sp³-hybridized carbons (Fsp3) is 0.603. The first-order chi connectivity index (χ1) is 53.1. The van der Waals surface area contributed by atoms with Crippen LogP contribution in [0.25, 0.3) is 0 Å². The zero-order chi connectivity index (χ0) is 82.8. The molecule has 36 nitrogen and oxygen atoms in total. The summed E-state index contributed by atoms with van der Waals surface area (Å²) in [5.74, 6) is -16.6. The summed E-state index contributed by atoms with van der Waals surface area (Å²) >= 11 is 3.72. The number of rotatable bonds is 42. The maximum Gasteiger partial charge on any atom is 0.303 e. The van der Waals surface area contributed by atoms with Crippen molar-refractivity contribution in [2.24, 2.45) is 29.2 Å². The average Bonchev–Trinajstić information content (AvgIpc) is 1.64. The van der Waals surface area contributed by atoms with Crippen LogP contribution >= 0.6 is 35.3 Å². The number of nitrogens with two attached hydrogens (primary N) is 2. The molecule has 39 heteroatoms. The van der Waals surface area contributed by atoms with E-state index in [0.717, 1.165) is 14.7 Å². The molecule has 2 saturated heterocycles. The van der Waals surface area contributed by atoms with Crippen LogP contribution in [0, 0.1) is 17.8 Å². The molecule has 2 fully saturated rings. The molecule has 0 aromatic heterocycles. The molecular formula is C73H105N15O21S3. The first-order valence-electron chi connectivity index (χ1n) is 37.3. The number of thioether (sulfide) groups is 3. The van der Waals surface area contributed by atoms with Crippen molar-refractivity contribution in [2.75, 3.05) is 66.1 Å². The van der Waals surface area contributed by atoms with E-state index in [1.807, 2.05) is 0 Å². The maximum absolute atomic E-state index is 15.0. The number of amides is 14. The Morgan fingerprint density at radius 3 is 1.47 bits per heavy atom. The number of likely N-dealkylation sites (tertiary alicyclic amines) is 2. The second kappa shape index (κ2) is 44.0. The van der Waals surface area contributed by atoms with Crippen molar-refractivity contribution in [2.45, 2.75) is 214 Å². The number of nitrogens with zero attached hydrogens (tertiary/aromatic N) is 4. The molecule has 2 unspecified atom stereocenters. The van der Waals surface area contributed by atoms with Crippen molar-refractivity contribution in [3.63, 3.8) is 0 Å². The number of primary amides is 1. The Bertz CT molecular complexity index is 3780. The van der Waals surface area contributed by atoms with Gasteiger partial charge < -0.3 is 99.3 Å². The largest absolute Gasteiger partial charge is 0.481 e. The number of benzene rings is 2. The third-order valence-corrected chi connectivity index (χ3v) is 22.7. The lowest BCUT2D eigenvalue weighted by molar-refractivity contribution is -0.148. The van der Waals surface area contributed by atoms with Gasteiger partial charge in [-0.15, -0.1) is 23.5 Å². The van der Waals surface area contributed by atoms with Crippen molar-refractivity contribution < 1.29 is 102 Å². The van der Waals surface area contributed by atoms with E-state index < -0.39 is 237 Å². The molecular weight excluding hydrogens is 1520 g/mol. The summed E-state index contributed by atoms with van der Waals surface area (Å²) in [6.45, 7) is 8.32. The molecule has 2 aromatic rings. The number of carbonyl (C=O) groups is 17. The normalized spacial score (nSPS) is 19.5. The van der Waals surface area contributed by atoms with Gasteiger partial charge in [-0.2, -0.15) is 11.8 Å². The summed E-state index contributed by atoms with van der Waals surface area (Å²) in [5.41, 5.74) is 11.8. The molecule has 17 N–H and O–H groups in total. The van der Waals surface area contributed by atoms with Crippen molar-refractivity contribution >= 4 is 147 Å². The number of aliphatic hydroxyl groups excluding tert-OH is 1. The Hall–Kier alpha value is -9.60. The van der Waals surface area contributed by atoms with Gasteiger partial charge >= 0.3 is 17.9 Å². The van der Waals surface area contributed by atoms with Gasteiger partial charge in [0, 0.05) is 53.6 Å². The lowest BCUT2D eigenvalue weighted by atomic mass is 9.94. The molecule has 0 radical (unpaired) electrons. The number of hydrogen-bond donors (Lipinski definition) is 15. The van der Waals surface area contributed by atoms with Crippen LogP contribution in [0.1, 0.15) is 131 Å². The predicted octanol–water partition coefficient (Wildman–Crippen LogP) is -1.10. The Labute approximate surface area is 661 Å². The highest BCUT2D eigenvalue weighted by atomic mass is 32.2. The number of aliphatic carboxylic acids is 3. The number of fused-ring (bicyclic) bond motifs is 2. The SMILES string of the molecule is CC[C@H](C)[C@H](NC(=O)[C@@H](NC(=O)[C@H](CCC(=O)O)NC(=O)[C@H](CCSC)NC(=O)[C@H](CC(C)C)NC(=O)CN1C(=O)C(NC(=O)CN2C(=O)C(NC(=O)[C@@H]3CCCN3C(=O)[C@@H]3CCCN3C(=O)[C@H](CCC(=O)O)NC(=O)[C@H](CCC(=O)O)NC(=O)[C@@H](N)CO)CSc3ccccc32)CSc2ccccc21)[C@@H](C)CC)C(N)=O. The molecule has 0 bridgehead atoms. The Balaban J connectivity index is 1.15. The highest BCUT2D eigenvalue weighted by Crippen LogP contribution is 2.37. The van der Waals surface area contributed by atoms with Gasteiger partial charge in [0.15, 0.2) is 0 Å². The molecule has 2 aromatic carbocycles. The van der Waals surface area contributed by atoms with Gasteiger partial charge in [0.05, 0.1) is 18.0 Å². The number of hydrogen-bond acceptors (Lipinski definition) is 22. The number of para-hydroxylation sites is 2. The summed E-state index contributed by atoms with van der Waals surface area (Å²) in [6.07, 6.45) is 0.134. The molecule has 4 aliphatic rings. The second-order valence-electron chi connectivity index (χ2n) is 28.5. The van der Waals surface area contributed by atoms with E-state index in [1.54, 1.807) is 96.3 Å². The molecule has 616 valence electrons.